The quantitative estimate of drug-likeness (QED) is 0.567. The molecule has 19 heavy (non-hydrogen) atoms. The van der Waals surface area contributed by atoms with Crippen molar-refractivity contribution in [2.24, 2.45) is 0 Å². The third-order valence-electron chi connectivity index (χ3n) is 3.63. The Labute approximate surface area is 111 Å². The summed E-state index contributed by atoms with van der Waals surface area (Å²) in [5.41, 5.74) is 0. The van der Waals surface area contributed by atoms with E-state index in [1.807, 2.05) is 0 Å². The third-order valence-corrected chi connectivity index (χ3v) is 3.63. The van der Waals surface area contributed by atoms with Crippen molar-refractivity contribution in [3.05, 3.63) is 20.2 Å². The van der Waals surface area contributed by atoms with Crippen molar-refractivity contribution in [3.63, 3.8) is 0 Å². The molecule has 1 rings (SSSR count). The van der Waals surface area contributed by atoms with Gasteiger partial charge in [0.05, 0.1) is 6.42 Å². The first-order valence-corrected chi connectivity index (χ1v) is 6.82. The van der Waals surface area contributed by atoms with Crippen LogP contribution in [0.3, 0.4) is 0 Å². The molecule has 108 valence electrons. The van der Waals surface area contributed by atoms with E-state index in [9.17, 15) is 25.0 Å². The Bertz CT molecular complexity index is 345. The van der Waals surface area contributed by atoms with Gasteiger partial charge in [0.1, 0.15) is 0 Å². The lowest BCUT2D eigenvalue weighted by atomic mass is 9.94. The minimum absolute atomic E-state index is 0.163. The van der Waals surface area contributed by atoms with E-state index in [4.69, 9.17) is 0 Å². The molecule has 2 unspecified atom stereocenters. The van der Waals surface area contributed by atoms with Crippen LogP contribution in [0.4, 0.5) is 0 Å². The zero-order valence-corrected chi connectivity index (χ0v) is 11.0. The second-order valence-electron chi connectivity index (χ2n) is 5.10. The van der Waals surface area contributed by atoms with Crippen molar-refractivity contribution in [2.45, 2.75) is 69.9 Å². The Morgan fingerprint density at radius 2 is 1.47 bits per heavy atom. The van der Waals surface area contributed by atoms with Gasteiger partial charge in [0.15, 0.2) is 0 Å². The molecule has 0 amide bonds. The van der Waals surface area contributed by atoms with Gasteiger partial charge < -0.3 is 0 Å². The van der Waals surface area contributed by atoms with Gasteiger partial charge in [-0.15, -0.1) is 0 Å². The lowest BCUT2D eigenvalue weighted by Crippen LogP contribution is -2.36. The van der Waals surface area contributed by atoms with E-state index in [-0.39, 0.29) is 12.8 Å². The fourth-order valence-electron chi connectivity index (χ4n) is 2.46. The van der Waals surface area contributed by atoms with Gasteiger partial charge in [-0.25, -0.2) is 0 Å². The highest BCUT2D eigenvalue weighted by Crippen LogP contribution is 2.18. The van der Waals surface area contributed by atoms with Crippen LogP contribution in [0.2, 0.25) is 0 Å². The second-order valence-corrected chi connectivity index (χ2v) is 5.10. The summed E-state index contributed by atoms with van der Waals surface area (Å²) in [5.74, 6) is -0.461. The van der Waals surface area contributed by atoms with Gasteiger partial charge in [-0.3, -0.25) is 25.0 Å². The minimum atomic E-state index is -1.41. The number of nitro groups is 2. The molecule has 0 spiro atoms. The van der Waals surface area contributed by atoms with Gasteiger partial charge in [-0.05, 0) is 12.8 Å². The Morgan fingerprint density at radius 1 is 0.895 bits per heavy atom. The minimum Gasteiger partial charge on any atom is -0.292 e. The number of hydrogen-bond acceptors (Lipinski definition) is 5. The molecule has 0 radical (unpaired) electrons. The lowest BCUT2D eigenvalue weighted by molar-refractivity contribution is -0.553. The number of ketones is 1. The fraction of sp³-hybridized carbons (Fsp3) is 0.917. The number of nitrogens with zero attached hydrogens (tertiary/aromatic N) is 2. The van der Waals surface area contributed by atoms with Crippen LogP contribution in [-0.2, 0) is 4.79 Å². The number of Topliss-reactive ketones (excluding diaryl/α,β-unsaturated/α-hetero) is 1. The van der Waals surface area contributed by atoms with Gasteiger partial charge in [0.2, 0.25) is 11.8 Å². The average Bonchev–Trinajstić information content (AvgIpc) is 2.32. The first-order chi connectivity index (χ1) is 9.02. The van der Waals surface area contributed by atoms with E-state index in [1.165, 1.54) is 0 Å². The van der Waals surface area contributed by atoms with Gasteiger partial charge in [0, 0.05) is 22.7 Å². The maximum absolute atomic E-state index is 11.8. The van der Waals surface area contributed by atoms with Crippen molar-refractivity contribution >= 4 is 5.78 Å². The van der Waals surface area contributed by atoms with Crippen LogP contribution >= 0.6 is 0 Å². The molecule has 1 saturated carbocycles. The van der Waals surface area contributed by atoms with Crippen LogP contribution in [0.1, 0.15) is 57.8 Å². The summed E-state index contributed by atoms with van der Waals surface area (Å²) in [6, 6.07) is -2.38. The maximum atomic E-state index is 11.8. The molecule has 0 aromatic heterocycles. The van der Waals surface area contributed by atoms with Gasteiger partial charge >= 0.3 is 0 Å². The number of rotatable bonds is 2. The Kier molecular flexibility index (Phi) is 6.38. The van der Waals surface area contributed by atoms with Gasteiger partial charge in [-0.2, -0.15) is 0 Å². The Balaban J connectivity index is 2.75. The predicted molar refractivity (Wildman–Crippen MR) is 68.1 cm³/mol. The topological polar surface area (TPSA) is 103 Å². The van der Waals surface area contributed by atoms with Crippen molar-refractivity contribution in [1.82, 2.24) is 0 Å². The smallest absolute Gasteiger partial charge is 0.276 e. The van der Waals surface area contributed by atoms with Gasteiger partial charge in [-0.1, -0.05) is 25.7 Å². The monoisotopic (exact) mass is 272 g/mol. The summed E-state index contributed by atoms with van der Waals surface area (Å²) in [4.78, 5) is 32.5. The molecule has 1 fully saturated rings. The summed E-state index contributed by atoms with van der Waals surface area (Å²) >= 11 is 0. The van der Waals surface area contributed by atoms with Crippen LogP contribution in [0.25, 0.3) is 0 Å². The largest absolute Gasteiger partial charge is 0.292 e. The SMILES string of the molecule is O=C1CCCCCCCCC([N+](=O)[O-])CC1[N+](=O)[O-]. The zero-order chi connectivity index (χ0) is 14.3. The first kappa shape index (κ1) is 15.5. The fourth-order valence-corrected chi connectivity index (χ4v) is 2.46. The van der Waals surface area contributed by atoms with Crippen LogP contribution in [0, 0.1) is 20.2 Å². The van der Waals surface area contributed by atoms with Gasteiger partial charge in [0.25, 0.3) is 6.04 Å². The Hall–Kier alpha value is -1.53. The maximum Gasteiger partial charge on any atom is 0.276 e. The lowest BCUT2D eigenvalue weighted by Gasteiger charge is -2.13. The molecule has 7 heteroatoms. The zero-order valence-electron chi connectivity index (χ0n) is 11.0. The molecule has 0 N–H and O–H groups in total. The molecule has 0 saturated heterocycles. The molecule has 0 bridgehead atoms. The van der Waals surface area contributed by atoms with Crippen LogP contribution in [-0.4, -0.2) is 27.7 Å². The highest BCUT2D eigenvalue weighted by Gasteiger charge is 2.36. The molecule has 0 heterocycles. The van der Waals surface area contributed by atoms with Crippen LogP contribution in [0.15, 0.2) is 0 Å². The summed E-state index contributed by atoms with van der Waals surface area (Å²) < 4.78 is 0. The molecular weight excluding hydrogens is 252 g/mol. The van der Waals surface area contributed by atoms with E-state index < -0.39 is 27.7 Å². The van der Waals surface area contributed by atoms with Crippen LogP contribution < -0.4 is 0 Å². The molecule has 0 aromatic carbocycles. The molecule has 2 atom stereocenters. The van der Waals surface area contributed by atoms with Crippen LogP contribution in [0.5, 0.6) is 0 Å². The summed E-state index contributed by atoms with van der Waals surface area (Å²) in [6.07, 6.45) is 5.38. The highest BCUT2D eigenvalue weighted by molar-refractivity contribution is 5.82. The molecular formula is C12H20N2O5. The number of hydrogen-bond donors (Lipinski definition) is 0. The molecule has 1 aliphatic rings. The van der Waals surface area contributed by atoms with Crippen molar-refractivity contribution in [1.29, 1.82) is 0 Å². The predicted octanol–water partition coefficient (Wildman–Crippen LogP) is 2.37. The van der Waals surface area contributed by atoms with Crippen molar-refractivity contribution < 1.29 is 14.6 Å². The molecule has 7 nitrogen and oxygen atoms in total. The number of carbonyl (C=O) groups is 1. The van der Waals surface area contributed by atoms with Crippen molar-refractivity contribution in [2.75, 3.05) is 0 Å². The van der Waals surface area contributed by atoms with Crippen molar-refractivity contribution in [3.8, 4) is 0 Å². The molecule has 0 aromatic rings. The third kappa shape index (κ3) is 5.32. The molecule has 0 aliphatic heterocycles. The summed E-state index contributed by atoms with van der Waals surface area (Å²) in [6.45, 7) is 0. The number of carbonyl (C=O) groups excluding carboxylic acids is 1. The normalized spacial score (nSPS) is 27.1. The molecule has 1 aliphatic carbocycles. The van der Waals surface area contributed by atoms with E-state index in [0.29, 0.717) is 19.3 Å². The first-order valence-electron chi connectivity index (χ1n) is 6.82. The standard InChI is InChI=1S/C12H20N2O5/c15-12-8-6-4-2-1-3-5-7-10(13(16)17)9-11(12)14(18)19/h10-11H,1-9H2. The summed E-state index contributed by atoms with van der Waals surface area (Å²) in [7, 11) is 0. The van der Waals surface area contributed by atoms with E-state index >= 15 is 0 Å². The van der Waals surface area contributed by atoms with E-state index in [0.717, 1.165) is 25.7 Å². The van der Waals surface area contributed by atoms with E-state index in [2.05, 4.69) is 0 Å². The Morgan fingerprint density at radius 3 is 2.05 bits per heavy atom. The average molecular weight is 272 g/mol. The highest BCUT2D eigenvalue weighted by atomic mass is 16.6. The summed E-state index contributed by atoms with van der Waals surface area (Å²) in [5, 5.41) is 21.8. The van der Waals surface area contributed by atoms with E-state index in [1.54, 1.807) is 0 Å². The second kappa shape index (κ2) is 7.81.